The van der Waals surface area contributed by atoms with Crippen LogP contribution in [0.3, 0.4) is 0 Å². The molecule has 8 atom stereocenters. The molecule has 4 fully saturated rings. The molecule has 4 rings (SSSR count). The fraction of sp³-hybridized carbons (Fsp3) is 0.962. The van der Waals surface area contributed by atoms with Gasteiger partial charge in [-0.2, -0.15) is 0 Å². The van der Waals surface area contributed by atoms with E-state index in [-0.39, 0.29) is 0 Å². The maximum Gasteiger partial charge on any atom is 0.222 e. The monoisotopic (exact) mass is 387 g/mol. The Morgan fingerprint density at radius 1 is 0.929 bits per heavy atom. The summed E-state index contributed by atoms with van der Waals surface area (Å²) in [5, 5.41) is 0. The molecule has 0 N–H and O–H groups in total. The summed E-state index contributed by atoms with van der Waals surface area (Å²) in [4.78, 5) is 13.9. The van der Waals surface area contributed by atoms with Gasteiger partial charge in [-0.05, 0) is 104 Å². The maximum atomic E-state index is 12.1. The molecule has 2 nitrogen and oxygen atoms in total. The van der Waals surface area contributed by atoms with Gasteiger partial charge in [0.05, 0.1) is 0 Å². The van der Waals surface area contributed by atoms with Gasteiger partial charge in [-0.25, -0.2) is 0 Å². The average Bonchev–Trinajstić information content (AvgIpc) is 3.02. The van der Waals surface area contributed by atoms with Gasteiger partial charge in [0.2, 0.25) is 5.91 Å². The van der Waals surface area contributed by atoms with E-state index in [2.05, 4.69) is 20.8 Å². The van der Waals surface area contributed by atoms with Crippen molar-refractivity contribution >= 4 is 5.91 Å². The van der Waals surface area contributed by atoms with Crippen LogP contribution in [0.25, 0.3) is 0 Å². The van der Waals surface area contributed by atoms with E-state index in [1.807, 2.05) is 14.1 Å². The second-order valence-electron chi connectivity index (χ2n) is 11.9. The summed E-state index contributed by atoms with van der Waals surface area (Å²) in [6.07, 6.45) is 16.7. The zero-order chi connectivity index (χ0) is 20.1. The Hall–Kier alpha value is -0.530. The number of hydrogen-bond acceptors (Lipinski definition) is 1. The third-order valence-corrected chi connectivity index (χ3v) is 10.7. The van der Waals surface area contributed by atoms with Gasteiger partial charge in [-0.15, -0.1) is 0 Å². The van der Waals surface area contributed by atoms with Crippen LogP contribution in [0.2, 0.25) is 0 Å². The maximum absolute atomic E-state index is 12.1. The van der Waals surface area contributed by atoms with E-state index >= 15 is 0 Å². The summed E-state index contributed by atoms with van der Waals surface area (Å²) >= 11 is 0. The van der Waals surface area contributed by atoms with Crippen molar-refractivity contribution in [1.29, 1.82) is 0 Å². The second kappa shape index (κ2) is 7.62. The Morgan fingerprint density at radius 2 is 1.68 bits per heavy atom. The lowest BCUT2D eigenvalue weighted by Crippen LogP contribution is -2.53. The second-order valence-corrected chi connectivity index (χ2v) is 11.9. The summed E-state index contributed by atoms with van der Waals surface area (Å²) in [7, 11) is 3.78. The largest absolute Gasteiger partial charge is 0.349 e. The molecular formula is C26H45NO. The highest BCUT2D eigenvalue weighted by atomic mass is 16.2. The van der Waals surface area contributed by atoms with E-state index in [1.54, 1.807) is 4.90 Å². The highest BCUT2D eigenvalue weighted by Gasteiger charge is 2.60. The van der Waals surface area contributed by atoms with E-state index in [0.717, 1.165) is 42.4 Å². The standard InChI is InChI=1S/C26H45NO/c1-18(9-14-24(28)27(4)5)21-12-13-22-20-11-10-19-8-6-7-16-25(19,2)23(20)15-17-26(21,22)3/h18-23H,6-17H2,1-5H3/t18-,19+,20?,21-,22?,23?,25+,26-/m1/s1. The molecule has 0 spiro atoms. The zero-order valence-corrected chi connectivity index (χ0v) is 19.3. The number of carbonyl (C=O) groups excluding carboxylic acids is 1. The number of fused-ring (bicyclic) bond motifs is 5. The predicted molar refractivity (Wildman–Crippen MR) is 117 cm³/mol. The molecule has 28 heavy (non-hydrogen) atoms. The highest BCUT2D eigenvalue weighted by Crippen LogP contribution is 2.68. The zero-order valence-electron chi connectivity index (χ0n) is 19.3. The van der Waals surface area contributed by atoms with Crippen molar-refractivity contribution in [3.05, 3.63) is 0 Å². The van der Waals surface area contributed by atoms with Crippen LogP contribution in [-0.4, -0.2) is 24.9 Å². The Kier molecular flexibility index (Phi) is 5.64. The quantitative estimate of drug-likeness (QED) is 0.536. The van der Waals surface area contributed by atoms with Gasteiger partial charge in [-0.3, -0.25) is 4.79 Å². The van der Waals surface area contributed by atoms with Crippen molar-refractivity contribution in [3.8, 4) is 0 Å². The molecule has 0 aromatic carbocycles. The molecule has 0 saturated heterocycles. The lowest BCUT2D eigenvalue weighted by Gasteiger charge is -2.61. The fourth-order valence-corrected chi connectivity index (χ4v) is 9.05. The van der Waals surface area contributed by atoms with Crippen molar-refractivity contribution in [2.75, 3.05) is 14.1 Å². The Balaban J connectivity index is 1.47. The molecule has 0 aliphatic heterocycles. The minimum Gasteiger partial charge on any atom is -0.349 e. The summed E-state index contributed by atoms with van der Waals surface area (Å²) in [5.41, 5.74) is 1.20. The van der Waals surface area contributed by atoms with Crippen LogP contribution in [0.4, 0.5) is 0 Å². The van der Waals surface area contributed by atoms with Gasteiger partial charge in [0.1, 0.15) is 0 Å². The smallest absolute Gasteiger partial charge is 0.222 e. The molecule has 0 radical (unpaired) electrons. The van der Waals surface area contributed by atoms with Crippen LogP contribution in [0.1, 0.15) is 97.8 Å². The lowest BCUT2D eigenvalue weighted by molar-refractivity contribution is -0.129. The molecule has 4 aliphatic rings. The third kappa shape index (κ3) is 3.25. The van der Waals surface area contributed by atoms with Crippen LogP contribution in [0.15, 0.2) is 0 Å². The number of carbonyl (C=O) groups is 1. The van der Waals surface area contributed by atoms with E-state index in [4.69, 9.17) is 0 Å². The van der Waals surface area contributed by atoms with Crippen LogP contribution in [0, 0.1) is 46.3 Å². The summed E-state index contributed by atoms with van der Waals surface area (Å²) in [6.45, 7) is 7.80. The number of amides is 1. The Morgan fingerprint density at radius 3 is 2.43 bits per heavy atom. The molecule has 1 amide bonds. The van der Waals surface area contributed by atoms with Crippen LogP contribution in [0.5, 0.6) is 0 Å². The molecule has 2 heteroatoms. The first kappa shape index (κ1) is 20.7. The minimum atomic E-state index is 0.304. The van der Waals surface area contributed by atoms with Gasteiger partial charge in [0.15, 0.2) is 0 Å². The molecule has 160 valence electrons. The molecule has 0 bridgehead atoms. The van der Waals surface area contributed by atoms with E-state index in [0.29, 0.717) is 22.7 Å². The van der Waals surface area contributed by atoms with Crippen LogP contribution < -0.4 is 0 Å². The topological polar surface area (TPSA) is 20.3 Å². The highest BCUT2D eigenvalue weighted by molar-refractivity contribution is 5.75. The van der Waals surface area contributed by atoms with Crippen molar-refractivity contribution in [2.45, 2.75) is 97.8 Å². The van der Waals surface area contributed by atoms with Crippen molar-refractivity contribution in [3.63, 3.8) is 0 Å². The van der Waals surface area contributed by atoms with Crippen molar-refractivity contribution in [2.24, 2.45) is 46.3 Å². The first-order chi connectivity index (χ1) is 13.3. The Bertz CT molecular complexity index is 585. The molecule has 3 unspecified atom stereocenters. The number of hydrogen-bond donors (Lipinski definition) is 0. The molecule has 0 heterocycles. The number of rotatable bonds is 4. The van der Waals surface area contributed by atoms with Gasteiger partial charge in [0.25, 0.3) is 0 Å². The molecule has 4 aliphatic carbocycles. The average molecular weight is 388 g/mol. The van der Waals surface area contributed by atoms with Gasteiger partial charge >= 0.3 is 0 Å². The summed E-state index contributed by atoms with van der Waals surface area (Å²) < 4.78 is 0. The number of nitrogens with zero attached hydrogens (tertiary/aromatic N) is 1. The molecular weight excluding hydrogens is 342 g/mol. The van der Waals surface area contributed by atoms with E-state index in [1.165, 1.54) is 64.2 Å². The van der Waals surface area contributed by atoms with E-state index < -0.39 is 0 Å². The molecule has 0 aromatic heterocycles. The van der Waals surface area contributed by atoms with Crippen LogP contribution >= 0.6 is 0 Å². The van der Waals surface area contributed by atoms with Crippen molar-refractivity contribution in [1.82, 2.24) is 4.90 Å². The van der Waals surface area contributed by atoms with E-state index in [9.17, 15) is 4.79 Å². The molecule has 0 aromatic rings. The normalized spacial score (nSPS) is 46.2. The predicted octanol–water partition coefficient (Wildman–Crippen LogP) is 6.54. The van der Waals surface area contributed by atoms with Gasteiger partial charge in [0, 0.05) is 20.5 Å². The SMILES string of the molecule is C[C@H](CCC(=O)N(C)C)[C@H]1CCC2C3CC[C@@H]4CCCC[C@]4(C)C3CC[C@@]21C. The summed E-state index contributed by atoms with van der Waals surface area (Å²) in [6, 6.07) is 0. The first-order valence-electron chi connectivity index (χ1n) is 12.5. The minimum absolute atomic E-state index is 0.304. The van der Waals surface area contributed by atoms with Crippen molar-refractivity contribution < 1.29 is 4.79 Å². The first-order valence-corrected chi connectivity index (χ1v) is 12.5. The fourth-order valence-electron chi connectivity index (χ4n) is 9.05. The lowest BCUT2D eigenvalue weighted by atomic mass is 9.44. The Labute approximate surface area is 174 Å². The van der Waals surface area contributed by atoms with Gasteiger partial charge in [-0.1, -0.05) is 33.6 Å². The molecule has 4 saturated carbocycles. The van der Waals surface area contributed by atoms with Crippen LogP contribution in [-0.2, 0) is 4.79 Å². The third-order valence-electron chi connectivity index (χ3n) is 10.7. The van der Waals surface area contributed by atoms with Gasteiger partial charge < -0.3 is 4.90 Å². The summed E-state index contributed by atoms with van der Waals surface area (Å²) in [5.74, 6) is 5.83.